The molecule has 2 aromatic rings. The lowest BCUT2D eigenvalue weighted by atomic mass is 10.3. The molecule has 0 aliphatic heterocycles. The lowest BCUT2D eigenvalue weighted by Gasteiger charge is -2.08. The Morgan fingerprint density at radius 2 is 1.80 bits per heavy atom. The standard InChI is InChI=1S/C13H16N4O3/c1-15-8-5-12(19)17(13(15)20)7-2-6-16-9-10(14)3-4-11(16)18/h3-5,8-9H,2,6-7,14H2,1H3. The molecule has 7 heteroatoms. The van der Waals surface area contributed by atoms with E-state index in [1.165, 1.54) is 33.5 Å². The number of aryl methyl sites for hydroxylation is 2. The number of nitrogens with zero attached hydrogens (tertiary/aromatic N) is 3. The van der Waals surface area contributed by atoms with Crippen molar-refractivity contribution in [3.05, 3.63) is 61.8 Å². The zero-order chi connectivity index (χ0) is 14.7. The van der Waals surface area contributed by atoms with Crippen LogP contribution in [0.2, 0.25) is 0 Å². The number of hydrogen-bond acceptors (Lipinski definition) is 4. The molecule has 2 rings (SSSR count). The predicted octanol–water partition coefficient (Wildman–Crippen LogP) is -0.619. The van der Waals surface area contributed by atoms with Crippen LogP contribution in [0.1, 0.15) is 6.42 Å². The third-order valence-electron chi connectivity index (χ3n) is 3.03. The van der Waals surface area contributed by atoms with E-state index in [0.29, 0.717) is 18.7 Å². The van der Waals surface area contributed by atoms with Crippen LogP contribution in [0.4, 0.5) is 5.69 Å². The fourth-order valence-electron chi connectivity index (χ4n) is 1.94. The lowest BCUT2D eigenvalue weighted by molar-refractivity contribution is 0.514. The van der Waals surface area contributed by atoms with Gasteiger partial charge >= 0.3 is 5.69 Å². The average Bonchev–Trinajstić information content (AvgIpc) is 2.42. The Morgan fingerprint density at radius 1 is 1.05 bits per heavy atom. The molecule has 0 aliphatic carbocycles. The van der Waals surface area contributed by atoms with Crippen LogP contribution in [-0.2, 0) is 20.1 Å². The fraction of sp³-hybridized carbons (Fsp3) is 0.308. The molecule has 106 valence electrons. The van der Waals surface area contributed by atoms with Crippen molar-refractivity contribution in [2.45, 2.75) is 19.5 Å². The van der Waals surface area contributed by atoms with Crippen molar-refractivity contribution in [3.8, 4) is 0 Å². The Bertz CT molecular complexity index is 785. The first-order valence-corrected chi connectivity index (χ1v) is 6.21. The van der Waals surface area contributed by atoms with Crippen molar-refractivity contribution in [1.29, 1.82) is 0 Å². The van der Waals surface area contributed by atoms with E-state index in [4.69, 9.17) is 5.73 Å². The molecule has 20 heavy (non-hydrogen) atoms. The Labute approximate surface area is 114 Å². The third-order valence-corrected chi connectivity index (χ3v) is 3.03. The fourth-order valence-corrected chi connectivity index (χ4v) is 1.94. The van der Waals surface area contributed by atoms with Gasteiger partial charge in [-0.25, -0.2) is 4.79 Å². The van der Waals surface area contributed by atoms with Gasteiger partial charge in [-0.15, -0.1) is 0 Å². The minimum Gasteiger partial charge on any atom is -0.398 e. The van der Waals surface area contributed by atoms with Gasteiger partial charge in [-0.3, -0.25) is 14.2 Å². The van der Waals surface area contributed by atoms with E-state index in [1.807, 2.05) is 0 Å². The summed E-state index contributed by atoms with van der Waals surface area (Å²) in [6, 6.07) is 4.27. The van der Waals surface area contributed by atoms with E-state index in [-0.39, 0.29) is 23.4 Å². The second-order valence-corrected chi connectivity index (χ2v) is 4.55. The molecule has 0 amide bonds. The molecule has 0 saturated carbocycles. The molecule has 0 aliphatic rings. The largest absolute Gasteiger partial charge is 0.398 e. The van der Waals surface area contributed by atoms with E-state index in [2.05, 4.69) is 0 Å². The molecule has 7 nitrogen and oxygen atoms in total. The molecule has 2 N–H and O–H groups in total. The molecule has 0 saturated heterocycles. The number of anilines is 1. The summed E-state index contributed by atoms with van der Waals surface area (Å²) in [6.07, 6.45) is 3.47. The average molecular weight is 276 g/mol. The maximum absolute atomic E-state index is 11.8. The van der Waals surface area contributed by atoms with E-state index >= 15 is 0 Å². The smallest absolute Gasteiger partial charge is 0.330 e. The number of pyridine rings is 1. The van der Waals surface area contributed by atoms with Crippen LogP contribution in [0.3, 0.4) is 0 Å². The quantitative estimate of drug-likeness (QED) is 0.805. The van der Waals surface area contributed by atoms with Crippen LogP contribution >= 0.6 is 0 Å². The highest BCUT2D eigenvalue weighted by atomic mass is 16.2. The van der Waals surface area contributed by atoms with Crippen molar-refractivity contribution >= 4 is 5.69 Å². The van der Waals surface area contributed by atoms with Gasteiger partial charge in [0, 0.05) is 50.4 Å². The first kappa shape index (κ1) is 13.9. The monoisotopic (exact) mass is 276 g/mol. The second kappa shape index (κ2) is 5.60. The Hall–Kier alpha value is -2.57. The zero-order valence-corrected chi connectivity index (χ0v) is 11.2. The molecule has 0 radical (unpaired) electrons. The lowest BCUT2D eigenvalue weighted by Crippen LogP contribution is -2.38. The summed E-state index contributed by atoms with van der Waals surface area (Å²) in [7, 11) is 1.58. The third kappa shape index (κ3) is 2.87. The van der Waals surface area contributed by atoms with Gasteiger partial charge in [0.05, 0.1) is 0 Å². The summed E-state index contributed by atoms with van der Waals surface area (Å²) in [6.45, 7) is 0.655. The van der Waals surface area contributed by atoms with Crippen LogP contribution in [0.15, 0.2) is 45.0 Å². The van der Waals surface area contributed by atoms with Gasteiger partial charge in [0.25, 0.3) is 11.1 Å². The number of hydrogen-bond donors (Lipinski definition) is 1. The minimum atomic E-state index is -0.363. The number of nitrogens with two attached hydrogens (primary N) is 1. The second-order valence-electron chi connectivity index (χ2n) is 4.55. The molecule has 0 bridgehead atoms. The van der Waals surface area contributed by atoms with Gasteiger partial charge in [0.2, 0.25) is 0 Å². The molecule has 2 heterocycles. The number of rotatable bonds is 4. The van der Waals surface area contributed by atoms with E-state index in [9.17, 15) is 14.4 Å². The van der Waals surface area contributed by atoms with E-state index < -0.39 is 0 Å². The van der Waals surface area contributed by atoms with Crippen LogP contribution < -0.4 is 22.5 Å². The van der Waals surface area contributed by atoms with Crippen molar-refractivity contribution in [1.82, 2.24) is 13.7 Å². The molecule has 0 unspecified atom stereocenters. The summed E-state index contributed by atoms with van der Waals surface area (Å²) < 4.78 is 3.96. The van der Waals surface area contributed by atoms with Gasteiger partial charge in [-0.05, 0) is 12.5 Å². The summed E-state index contributed by atoms with van der Waals surface area (Å²) in [5.74, 6) is 0. The first-order valence-electron chi connectivity index (χ1n) is 6.21. The van der Waals surface area contributed by atoms with Crippen LogP contribution in [0, 0.1) is 0 Å². The highest BCUT2D eigenvalue weighted by Gasteiger charge is 2.03. The normalized spacial score (nSPS) is 10.7. The minimum absolute atomic E-state index is 0.160. The van der Waals surface area contributed by atoms with Crippen molar-refractivity contribution in [2.75, 3.05) is 5.73 Å². The Morgan fingerprint density at radius 3 is 2.55 bits per heavy atom. The molecular formula is C13H16N4O3. The van der Waals surface area contributed by atoms with Gasteiger partial charge in [0.15, 0.2) is 0 Å². The number of nitrogen functional groups attached to an aromatic ring is 1. The van der Waals surface area contributed by atoms with E-state index in [1.54, 1.807) is 13.2 Å². The van der Waals surface area contributed by atoms with Crippen molar-refractivity contribution in [3.63, 3.8) is 0 Å². The Kier molecular flexibility index (Phi) is 3.88. The topological polar surface area (TPSA) is 92.0 Å². The van der Waals surface area contributed by atoms with Crippen molar-refractivity contribution < 1.29 is 0 Å². The van der Waals surface area contributed by atoms with Gasteiger partial charge in [-0.2, -0.15) is 0 Å². The molecule has 0 fully saturated rings. The predicted molar refractivity (Wildman–Crippen MR) is 75.7 cm³/mol. The summed E-state index contributed by atoms with van der Waals surface area (Å²) in [5, 5.41) is 0. The van der Waals surface area contributed by atoms with Crippen molar-refractivity contribution in [2.24, 2.45) is 7.05 Å². The molecule has 0 aromatic carbocycles. The Balaban J connectivity index is 2.13. The van der Waals surface area contributed by atoms with Crippen LogP contribution in [-0.4, -0.2) is 13.7 Å². The van der Waals surface area contributed by atoms with Crippen LogP contribution in [0.25, 0.3) is 0 Å². The van der Waals surface area contributed by atoms with Crippen LogP contribution in [0.5, 0.6) is 0 Å². The molecule has 2 aromatic heterocycles. The summed E-state index contributed by atoms with van der Waals surface area (Å²) >= 11 is 0. The van der Waals surface area contributed by atoms with E-state index in [0.717, 1.165) is 4.57 Å². The summed E-state index contributed by atoms with van der Waals surface area (Å²) in [5.41, 5.74) is 5.24. The van der Waals surface area contributed by atoms with Gasteiger partial charge in [0.1, 0.15) is 0 Å². The molecule has 0 spiro atoms. The highest BCUT2D eigenvalue weighted by Crippen LogP contribution is 1.97. The first-order chi connectivity index (χ1) is 9.49. The SMILES string of the molecule is Cn1ccc(=O)n(CCCn2cc(N)ccc2=O)c1=O. The van der Waals surface area contributed by atoms with Gasteiger partial charge < -0.3 is 14.9 Å². The van der Waals surface area contributed by atoms with Gasteiger partial charge in [-0.1, -0.05) is 0 Å². The summed E-state index contributed by atoms with van der Waals surface area (Å²) in [4.78, 5) is 35.0. The number of aromatic nitrogens is 3. The molecular weight excluding hydrogens is 260 g/mol. The maximum atomic E-state index is 11.8. The maximum Gasteiger partial charge on any atom is 0.330 e. The molecule has 0 atom stereocenters. The zero-order valence-electron chi connectivity index (χ0n) is 11.2. The highest BCUT2D eigenvalue weighted by molar-refractivity contribution is 5.33.